The van der Waals surface area contributed by atoms with Crippen molar-refractivity contribution in [2.45, 2.75) is 19.4 Å². The summed E-state index contributed by atoms with van der Waals surface area (Å²) in [4.78, 5) is 12.7. The third kappa shape index (κ3) is 3.26. The molecule has 1 aliphatic heterocycles. The summed E-state index contributed by atoms with van der Waals surface area (Å²) in [5.41, 5.74) is 0.352. The number of likely N-dealkylation sites (tertiary alicyclic amines) is 1. The Hall–Kier alpha value is -1.56. The second-order valence-electron chi connectivity index (χ2n) is 4.76. The van der Waals surface area contributed by atoms with E-state index in [1.165, 1.54) is 0 Å². The molecule has 1 heterocycles. The molecular weight excluding hydrogens is 259 g/mol. The van der Waals surface area contributed by atoms with Gasteiger partial charge in [-0.15, -0.1) is 0 Å². The third-order valence-corrected chi connectivity index (χ3v) is 3.39. The van der Waals surface area contributed by atoms with Gasteiger partial charge >= 0.3 is 5.97 Å². The normalized spacial score (nSPS) is 17.6. The lowest BCUT2D eigenvalue weighted by molar-refractivity contribution is -0.143. The number of benzene rings is 1. The lowest BCUT2D eigenvalue weighted by atomic mass is 9.97. The molecule has 3 nitrogen and oxygen atoms in total. The van der Waals surface area contributed by atoms with Gasteiger partial charge in [-0.25, -0.2) is 13.2 Å². The molecule has 1 fully saturated rings. The van der Waals surface area contributed by atoms with Gasteiger partial charge in [-0.05, 0) is 43.6 Å². The first-order valence-electron chi connectivity index (χ1n) is 6.06. The molecule has 0 unspecified atom stereocenters. The zero-order valence-electron chi connectivity index (χ0n) is 10.2. The van der Waals surface area contributed by atoms with E-state index in [0.717, 1.165) is 12.1 Å². The molecule has 0 aromatic heterocycles. The van der Waals surface area contributed by atoms with Crippen LogP contribution in [0.3, 0.4) is 0 Å². The Morgan fingerprint density at radius 3 is 2.21 bits per heavy atom. The molecule has 1 aromatic carbocycles. The van der Waals surface area contributed by atoms with E-state index in [4.69, 9.17) is 5.11 Å². The number of nitrogens with zero attached hydrogens (tertiary/aromatic N) is 1. The molecule has 0 spiro atoms. The van der Waals surface area contributed by atoms with Crippen LogP contribution < -0.4 is 0 Å². The maximum atomic E-state index is 13.1. The van der Waals surface area contributed by atoms with Gasteiger partial charge in [0.15, 0.2) is 17.5 Å². The second kappa shape index (κ2) is 5.61. The van der Waals surface area contributed by atoms with E-state index in [9.17, 15) is 18.0 Å². The van der Waals surface area contributed by atoms with Crippen molar-refractivity contribution < 1.29 is 23.1 Å². The van der Waals surface area contributed by atoms with Crippen LogP contribution in [0.15, 0.2) is 12.1 Å². The predicted molar refractivity (Wildman–Crippen MR) is 62.0 cm³/mol. The van der Waals surface area contributed by atoms with Crippen LogP contribution in [0.25, 0.3) is 0 Å². The van der Waals surface area contributed by atoms with Gasteiger partial charge in [0.1, 0.15) is 0 Å². The molecule has 1 N–H and O–H groups in total. The molecule has 0 bridgehead atoms. The Kier molecular flexibility index (Phi) is 4.09. The first kappa shape index (κ1) is 13.9. The van der Waals surface area contributed by atoms with Crippen molar-refractivity contribution >= 4 is 5.97 Å². The van der Waals surface area contributed by atoms with E-state index in [0.29, 0.717) is 38.0 Å². The van der Waals surface area contributed by atoms with Crippen molar-refractivity contribution in [3.8, 4) is 0 Å². The van der Waals surface area contributed by atoms with Crippen LogP contribution in [0.5, 0.6) is 0 Å². The fraction of sp³-hybridized carbons (Fsp3) is 0.462. The minimum Gasteiger partial charge on any atom is -0.481 e. The number of piperidine rings is 1. The Bertz CT molecular complexity index is 462. The van der Waals surface area contributed by atoms with Crippen LogP contribution >= 0.6 is 0 Å². The molecule has 0 saturated carbocycles. The van der Waals surface area contributed by atoms with E-state index in [2.05, 4.69) is 0 Å². The molecule has 0 amide bonds. The van der Waals surface area contributed by atoms with Gasteiger partial charge in [-0.1, -0.05) is 0 Å². The van der Waals surface area contributed by atoms with Crippen molar-refractivity contribution in [1.82, 2.24) is 4.90 Å². The highest BCUT2D eigenvalue weighted by Gasteiger charge is 2.24. The van der Waals surface area contributed by atoms with Gasteiger partial charge in [0, 0.05) is 6.54 Å². The molecule has 0 aliphatic carbocycles. The number of carboxylic acid groups (broad SMARTS) is 1. The van der Waals surface area contributed by atoms with E-state index >= 15 is 0 Å². The van der Waals surface area contributed by atoms with Crippen molar-refractivity contribution in [3.05, 3.63) is 35.1 Å². The largest absolute Gasteiger partial charge is 0.481 e. The Morgan fingerprint density at radius 1 is 1.21 bits per heavy atom. The Balaban J connectivity index is 1.98. The molecule has 1 aromatic rings. The molecule has 0 radical (unpaired) electrons. The topological polar surface area (TPSA) is 40.5 Å². The minimum atomic E-state index is -1.46. The molecule has 6 heteroatoms. The zero-order valence-corrected chi connectivity index (χ0v) is 10.2. The first-order chi connectivity index (χ1) is 8.97. The number of rotatable bonds is 3. The highest BCUT2D eigenvalue weighted by atomic mass is 19.2. The summed E-state index contributed by atoms with van der Waals surface area (Å²) in [6, 6.07) is 1.95. The summed E-state index contributed by atoms with van der Waals surface area (Å²) in [6.07, 6.45) is 1.03. The molecule has 2 rings (SSSR count). The number of hydrogen-bond acceptors (Lipinski definition) is 2. The highest BCUT2D eigenvalue weighted by molar-refractivity contribution is 5.70. The molecule has 1 saturated heterocycles. The summed E-state index contributed by atoms with van der Waals surface area (Å²) in [7, 11) is 0. The van der Waals surface area contributed by atoms with Crippen LogP contribution in [-0.4, -0.2) is 29.1 Å². The third-order valence-electron chi connectivity index (χ3n) is 3.39. The Labute approximate surface area is 108 Å². The van der Waals surface area contributed by atoms with Crippen molar-refractivity contribution in [2.75, 3.05) is 13.1 Å². The van der Waals surface area contributed by atoms with Crippen LogP contribution in [0.1, 0.15) is 18.4 Å². The van der Waals surface area contributed by atoms with Gasteiger partial charge in [-0.3, -0.25) is 9.69 Å². The van der Waals surface area contributed by atoms with E-state index in [1.807, 2.05) is 4.90 Å². The van der Waals surface area contributed by atoms with Gasteiger partial charge in [0.25, 0.3) is 0 Å². The molecule has 0 atom stereocenters. The average Bonchev–Trinajstić information content (AvgIpc) is 2.36. The number of hydrogen-bond donors (Lipinski definition) is 1. The zero-order chi connectivity index (χ0) is 14.0. The van der Waals surface area contributed by atoms with Gasteiger partial charge in [-0.2, -0.15) is 0 Å². The fourth-order valence-electron chi connectivity index (χ4n) is 2.30. The number of carbonyl (C=O) groups is 1. The van der Waals surface area contributed by atoms with Gasteiger partial charge < -0.3 is 5.11 Å². The van der Waals surface area contributed by atoms with E-state index in [1.54, 1.807) is 0 Å². The van der Waals surface area contributed by atoms with Crippen LogP contribution in [-0.2, 0) is 11.3 Å². The summed E-state index contributed by atoms with van der Waals surface area (Å²) in [5.74, 6) is -5.02. The van der Waals surface area contributed by atoms with Crippen molar-refractivity contribution in [2.24, 2.45) is 5.92 Å². The van der Waals surface area contributed by atoms with Crippen molar-refractivity contribution in [3.63, 3.8) is 0 Å². The molecular formula is C13H14F3NO2. The summed E-state index contributed by atoms with van der Waals surface area (Å²) in [5, 5.41) is 8.86. The summed E-state index contributed by atoms with van der Waals surface area (Å²) in [6.45, 7) is 1.40. The molecule has 1 aliphatic rings. The average molecular weight is 273 g/mol. The lowest BCUT2D eigenvalue weighted by Crippen LogP contribution is -2.35. The van der Waals surface area contributed by atoms with E-state index in [-0.39, 0.29) is 5.92 Å². The van der Waals surface area contributed by atoms with Crippen LogP contribution in [0, 0.1) is 23.4 Å². The van der Waals surface area contributed by atoms with Crippen LogP contribution in [0.2, 0.25) is 0 Å². The maximum Gasteiger partial charge on any atom is 0.306 e. The molecule has 19 heavy (non-hydrogen) atoms. The standard InChI is InChI=1S/C13H14F3NO2/c14-10-5-8(6-11(15)12(10)16)7-17-3-1-9(2-4-17)13(18)19/h5-6,9H,1-4,7H2,(H,18,19). The van der Waals surface area contributed by atoms with Crippen LogP contribution in [0.4, 0.5) is 13.2 Å². The SMILES string of the molecule is O=C(O)C1CCN(Cc2cc(F)c(F)c(F)c2)CC1. The highest BCUT2D eigenvalue weighted by Crippen LogP contribution is 2.20. The Morgan fingerprint density at radius 2 is 1.74 bits per heavy atom. The van der Waals surface area contributed by atoms with Gasteiger partial charge in [0.2, 0.25) is 0 Å². The lowest BCUT2D eigenvalue weighted by Gasteiger charge is -2.30. The van der Waals surface area contributed by atoms with Gasteiger partial charge in [0.05, 0.1) is 5.92 Å². The smallest absolute Gasteiger partial charge is 0.306 e. The minimum absolute atomic E-state index is 0.292. The number of carboxylic acids is 1. The number of aliphatic carboxylic acids is 1. The maximum absolute atomic E-state index is 13.1. The number of halogens is 3. The summed E-state index contributed by atoms with van der Waals surface area (Å²) < 4.78 is 38.9. The summed E-state index contributed by atoms with van der Waals surface area (Å²) >= 11 is 0. The quantitative estimate of drug-likeness (QED) is 0.860. The fourth-order valence-corrected chi connectivity index (χ4v) is 2.30. The predicted octanol–water partition coefficient (Wildman–Crippen LogP) is 2.40. The second-order valence-corrected chi connectivity index (χ2v) is 4.76. The van der Waals surface area contributed by atoms with Crippen molar-refractivity contribution in [1.29, 1.82) is 0 Å². The van der Waals surface area contributed by atoms with E-state index < -0.39 is 23.4 Å². The first-order valence-corrected chi connectivity index (χ1v) is 6.06. The molecule has 104 valence electrons. The monoisotopic (exact) mass is 273 g/mol.